The van der Waals surface area contributed by atoms with Gasteiger partial charge < -0.3 is 0 Å². The minimum absolute atomic E-state index is 0.0833. The van der Waals surface area contributed by atoms with E-state index in [1.165, 1.54) is 48.4 Å². The topological polar surface area (TPSA) is 80.4 Å². The Morgan fingerprint density at radius 2 is 2.13 bits per heavy atom. The maximum absolute atomic E-state index is 10.7. The zero-order valence-electron chi connectivity index (χ0n) is 12.9. The number of nitro groups is 1. The summed E-state index contributed by atoms with van der Waals surface area (Å²) in [6.07, 6.45) is 4.74. The summed E-state index contributed by atoms with van der Waals surface area (Å²) < 4.78 is 0. The molecule has 0 bridgehead atoms. The molecule has 0 amide bonds. The number of rotatable bonds is 4. The number of benzene rings is 1. The summed E-state index contributed by atoms with van der Waals surface area (Å²) in [7, 11) is 0. The highest BCUT2D eigenvalue weighted by Gasteiger charge is 2.16. The second-order valence-electron chi connectivity index (χ2n) is 5.70. The zero-order valence-corrected chi connectivity index (χ0v) is 13.7. The standard InChI is InChI=1S/C16H18N4O2S/c1-11-4-2-3-5-14(11)18-19-16-17-15(10-23-16)12-6-8-13(9-7-12)20(21)22/h6-11H,2-5H2,1H3,(H,17,19)/b18-14-. The third-order valence-corrected chi connectivity index (χ3v) is 4.81. The van der Waals surface area contributed by atoms with Crippen molar-refractivity contribution in [3.63, 3.8) is 0 Å². The van der Waals surface area contributed by atoms with Gasteiger partial charge in [-0.25, -0.2) is 4.98 Å². The van der Waals surface area contributed by atoms with Crippen LogP contribution in [0.2, 0.25) is 0 Å². The van der Waals surface area contributed by atoms with Crippen LogP contribution in [0.5, 0.6) is 0 Å². The number of hydrogen-bond acceptors (Lipinski definition) is 6. The summed E-state index contributed by atoms with van der Waals surface area (Å²) in [6.45, 7) is 2.21. The van der Waals surface area contributed by atoms with Crippen LogP contribution in [0.1, 0.15) is 32.6 Å². The lowest BCUT2D eigenvalue weighted by Gasteiger charge is -2.19. The van der Waals surface area contributed by atoms with Gasteiger partial charge in [0.15, 0.2) is 0 Å². The van der Waals surface area contributed by atoms with E-state index in [0.29, 0.717) is 5.92 Å². The molecule has 1 atom stereocenters. The average Bonchev–Trinajstić information content (AvgIpc) is 3.03. The van der Waals surface area contributed by atoms with Gasteiger partial charge in [0.1, 0.15) is 0 Å². The van der Waals surface area contributed by atoms with E-state index in [4.69, 9.17) is 0 Å². The van der Waals surface area contributed by atoms with E-state index in [1.807, 2.05) is 5.38 Å². The van der Waals surface area contributed by atoms with E-state index in [9.17, 15) is 10.1 Å². The minimum Gasteiger partial charge on any atom is -0.258 e. The molecule has 6 nitrogen and oxygen atoms in total. The number of nitro benzene ring substituents is 1. The molecule has 1 aliphatic carbocycles. The molecule has 120 valence electrons. The van der Waals surface area contributed by atoms with Crippen molar-refractivity contribution in [2.24, 2.45) is 11.0 Å². The van der Waals surface area contributed by atoms with Gasteiger partial charge in [-0.05, 0) is 37.3 Å². The van der Waals surface area contributed by atoms with Crippen LogP contribution in [0.3, 0.4) is 0 Å². The molecular weight excluding hydrogens is 312 g/mol. The molecule has 0 saturated heterocycles. The van der Waals surface area contributed by atoms with E-state index in [0.717, 1.165) is 22.8 Å². The van der Waals surface area contributed by atoms with Crippen molar-refractivity contribution in [2.75, 3.05) is 5.43 Å². The molecule has 0 aliphatic heterocycles. The summed E-state index contributed by atoms with van der Waals surface area (Å²) >= 11 is 1.48. The number of hydrogen-bond donors (Lipinski definition) is 1. The summed E-state index contributed by atoms with van der Waals surface area (Å²) in [5, 5.41) is 17.9. The molecule has 0 spiro atoms. The number of nitrogens with one attached hydrogen (secondary N) is 1. The van der Waals surface area contributed by atoms with Gasteiger partial charge in [-0.3, -0.25) is 15.5 Å². The highest BCUT2D eigenvalue weighted by molar-refractivity contribution is 7.14. The van der Waals surface area contributed by atoms with Crippen LogP contribution >= 0.6 is 11.3 Å². The van der Waals surface area contributed by atoms with Crippen molar-refractivity contribution in [3.8, 4) is 11.3 Å². The van der Waals surface area contributed by atoms with Gasteiger partial charge >= 0.3 is 0 Å². The summed E-state index contributed by atoms with van der Waals surface area (Å²) in [5.74, 6) is 0.533. The largest absolute Gasteiger partial charge is 0.269 e. The lowest BCUT2D eigenvalue weighted by molar-refractivity contribution is -0.384. The molecule has 1 saturated carbocycles. The summed E-state index contributed by atoms with van der Waals surface area (Å²) in [4.78, 5) is 14.8. The fraction of sp³-hybridized carbons (Fsp3) is 0.375. The Hall–Kier alpha value is -2.28. The van der Waals surface area contributed by atoms with Gasteiger partial charge in [0.2, 0.25) is 5.13 Å². The Kier molecular flexibility index (Phi) is 4.66. The molecule has 7 heteroatoms. The normalized spacial score (nSPS) is 19.7. The predicted octanol–water partition coefficient (Wildman–Crippen LogP) is 4.70. The van der Waals surface area contributed by atoms with Gasteiger partial charge in [0.25, 0.3) is 5.69 Å². The molecule has 1 heterocycles. The smallest absolute Gasteiger partial charge is 0.258 e. The molecule has 2 aromatic rings. The van der Waals surface area contributed by atoms with Crippen LogP contribution in [0.15, 0.2) is 34.7 Å². The van der Waals surface area contributed by atoms with Crippen molar-refractivity contribution in [1.29, 1.82) is 0 Å². The molecule has 23 heavy (non-hydrogen) atoms. The Morgan fingerprint density at radius 1 is 1.35 bits per heavy atom. The first-order chi connectivity index (χ1) is 11.1. The first-order valence-corrected chi connectivity index (χ1v) is 8.54. The lowest BCUT2D eigenvalue weighted by Crippen LogP contribution is -2.17. The second-order valence-corrected chi connectivity index (χ2v) is 6.56. The number of nitrogens with zero attached hydrogens (tertiary/aromatic N) is 3. The van der Waals surface area contributed by atoms with E-state index in [1.54, 1.807) is 12.1 Å². The summed E-state index contributed by atoms with van der Waals surface area (Å²) in [5.41, 5.74) is 6.00. The van der Waals surface area contributed by atoms with Crippen molar-refractivity contribution in [1.82, 2.24) is 4.98 Å². The number of aromatic nitrogens is 1. The van der Waals surface area contributed by atoms with Gasteiger partial charge in [-0.15, -0.1) is 11.3 Å². The lowest BCUT2D eigenvalue weighted by atomic mass is 9.89. The molecule has 1 aromatic carbocycles. The molecule has 3 rings (SSSR count). The maximum atomic E-state index is 10.7. The SMILES string of the molecule is CC1CCCC/C1=N/Nc1nc(-c2ccc([N+](=O)[O-])cc2)cs1. The zero-order chi connectivity index (χ0) is 16.2. The number of thiazole rings is 1. The van der Waals surface area contributed by atoms with Gasteiger partial charge in [-0.1, -0.05) is 13.3 Å². The number of non-ortho nitro benzene ring substituents is 1. The van der Waals surface area contributed by atoms with Crippen molar-refractivity contribution in [2.45, 2.75) is 32.6 Å². The average molecular weight is 330 g/mol. The summed E-state index contributed by atoms with van der Waals surface area (Å²) in [6, 6.07) is 6.41. The van der Waals surface area contributed by atoms with Crippen LogP contribution in [-0.4, -0.2) is 15.6 Å². The highest BCUT2D eigenvalue weighted by atomic mass is 32.1. The van der Waals surface area contributed by atoms with Crippen LogP contribution in [0, 0.1) is 16.0 Å². The number of anilines is 1. The molecular formula is C16H18N4O2S. The van der Waals surface area contributed by atoms with E-state index >= 15 is 0 Å². The second kappa shape index (κ2) is 6.87. The van der Waals surface area contributed by atoms with Crippen molar-refractivity contribution in [3.05, 3.63) is 39.8 Å². The van der Waals surface area contributed by atoms with Gasteiger partial charge in [0, 0.05) is 28.8 Å². The first-order valence-electron chi connectivity index (χ1n) is 7.66. The molecule has 1 N–H and O–H groups in total. The Morgan fingerprint density at radius 3 is 2.83 bits per heavy atom. The highest BCUT2D eigenvalue weighted by Crippen LogP contribution is 2.27. The molecule has 1 aliphatic rings. The molecule has 0 radical (unpaired) electrons. The molecule has 1 fully saturated rings. The monoisotopic (exact) mass is 330 g/mol. The van der Waals surface area contributed by atoms with Crippen LogP contribution in [0.4, 0.5) is 10.8 Å². The Bertz CT molecular complexity index is 724. The van der Waals surface area contributed by atoms with Crippen molar-refractivity contribution >= 4 is 27.9 Å². The fourth-order valence-electron chi connectivity index (χ4n) is 2.67. The number of hydrazone groups is 1. The van der Waals surface area contributed by atoms with Crippen LogP contribution in [0.25, 0.3) is 11.3 Å². The quantitative estimate of drug-likeness (QED) is 0.651. The van der Waals surface area contributed by atoms with Crippen LogP contribution < -0.4 is 5.43 Å². The minimum atomic E-state index is -0.404. The van der Waals surface area contributed by atoms with E-state index in [-0.39, 0.29) is 5.69 Å². The fourth-order valence-corrected chi connectivity index (χ4v) is 3.33. The third-order valence-electron chi connectivity index (χ3n) is 4.06. The Labute approximate surface area is 138 Å². The van der Waals surface area contributed by atoms with Crippen LogP contribution in [-0.2, 0) is 0 Å². The molecule has 1 aromatic heterocycles. The van der Waals surface area contributed by atoms with Gasteiger partial charge in [0.05, 0.1) is 10.6 Å². The molecule has 1 unspecified atom stereocenters. The predicted molar refractivity (Wildman–Crippen MR) is 92.9 cm³/mol. The van der Waals surface area contributed by atoms with E-state index < -0.39 is 4.92 Å². The first kappa shape index (κ1) is 15.6. The van der Waals surface area contributed by atoms with Gasteiger partial charge in [-0.2, -0.15) is 5.10 Å². The maximum Gasteiger partial charge on any atom is 0.269 e. The Balaban J connectivity index is 1.70. The van der Waals surface area contributed by atoms with E-state index in [2.05, 4.69) is 22.4 Å². The van der Waals surface area contributed by atoms with Crippen molar-refractivity contribution < 1.29 is 4.92 Å². The third kappa shape index (κ3) is 3.73.